The number of benzene rings is 2. The van der Waals surface area contributed by atoms with Crippen molar-refractivity contribution in [1.29, 1.82) is 0 Å². The summed E-state index contributed by atoms with van der Waals surface area (Å²) in [7, 11) is 0. The second kappa shape index (κ2) is 4.28. The normalized spacial score (nSPS) is 11.3. The quantitative estimate of drug-likeness (QED) is 0.581. The number of aromatic amines is 1. The van der Waals surface area contributed by atoms with E-state index in [9.17, 15) is 4.79 Å². The molecule has 1 N–H and O–H groups in total. The molecule has 5 nitrogen and oxygen atoms in total. The lowest BCUT2D eigenvalue weighted by atomic mass is 10.1. The van der Waals surface area contributed by atoms with Crippen molar-refractivity contribution in [2.75, 3.05) is 0 Å². The van der Waals surface area contributed by atoms with Gasteiger partial charge in [-0.25, -0.2) is 9.78 Å². The molecule has 0 radical (unpaired) electrons. The fourth-order valence-electron chi connectivity index (χ4n) is 2.41. The van der Waals surface area contributed by atoms with Gasteiger partial charge in [0.1, 0.15) is 0 Å². The maximum absolute atomic E-state index is 12.1. The molecule has 2 aromatic carbocycles. The zero-order valence-electron chi connectivity index (χ0n) is 11.4. The zero-order chi connectivity index (χ0) is 14.4. The molecule has 0 unspecified atom stereocenters. The summed E-state index contributed by atoms with van der Waals surface area (Å²) in [5.74, 6) is 0.553. The van der Waals surface area contributed by atoms with Gasteiger partial charge in [-0.05, 0) is 19.1 Å². The van der Waals surface area contributed by atoms with E-state index in [-0.39, 0.29) is 5.69 Å². The second-order valence-electron chi connectivity index (χ2n) is 5.01. The van der Waals surface area contributed by atoms with Gasteiger partial charge in [-0.3, -0.25) is 0 Å². The van der Waals surface area contributed by atoms with Crippen LogP contribution in [-0.2, 0) is 0 Å². The molecule has 5 heteroatoms. The number of para-hydroxylation sites is 1. The lowest BCUT2D eigenvalue weighted by Gasteiger charge is -1.97. The summed E-state index contributed by atoms with van der Waals surface area (Å²) < 4.78 is 1.32. The first-order valence-electron chi connectivity index (χ1n) is 6.67. The van der Waals surface area contributed by atoms with E-state index in [0.29, 0.717) is 11.5 Å². The Hall–Kier alpha value is -2.95. The monoisotopic (exact) mass is 276 g/mol. The maximum atomic E-state index is 12.1. The zero-order valence-corrected chi connectivity index (χ0v) is 11.4. The minimum absolute atomic E-state index is 0.283. The van der Waals surface area contributed by atoms with E-state index < -0.39 is 0 Å². The van der Waals surface area contributed by atoms with E-state index in [0.717, 1.165) is 16.5 Å². The smallest absolute Gasteiger partial charge is 0.305 e. The van der Waals surface area contributed by atoms with Gasteiger partial charge in [0.05, 0.1) is 5.52 Å². The molecule has 0 saturated heterocycles. The van der Waals surface area contributed by atoms with Gasteiger partial charge in [0.15, 0.2) is 11.5 Å². The standard InChI is InChI=1S/C16H12N4O/c1-10-6-8-11(9-7-10)14-18-15-12-4-2-3-5-13(12)17-16(21)20(15)19-14/h2-9H,1H3,(H,17,21). The molecule has 0 bridgehead atoms. The average molecular weight is 276 g/mol. The first-order valence-corrected chi connectivity index (χ1v) is 6.67. The van der Waals surface area contributed by atoms with Crippen molar-refractivity contribution in [2.24, 2.45) is 0 Å². The maximum Gasteiger partial charge on any atom is 0.348 e. The van der Waals surface area contributed by atoms with Crippen LogP contribution >= 0.6 is 0 Å². The Morgan fingerprint density at radius 2 is 1.81 bits per heavy atom. The Morgan fingerprint density at radius 1 is 1.05 bits per heavy atom. The van der Waals surface area contributed by atoms with Crippen LogP contribution in [0.2, 0.25) is 0 Å². The van der Waals surface area contributed by atoms with Crippen LogP contribution in [-0.4, -0.2) is 19.6 Å². The molecular weight excluding hydrogens is 264 g/mol. The van der Waals surface area contributed by atoms with Gasteiger partial charge < -0.3 is 4.98 Å². The third-order valence-corrected chi connectivity index (χ3v) is 3.52. The molecule has 2 aromatic heterocycles. The summed E-state index contributed by atoms with van der Waals surface area (Å²) in [4.78, 5) is 19.4. The number of aromatic nitrogens is 4. The average Bonchev–Trinajstić information content (AvgIpc) is 2.94. The van der Waals surface area contributed by atoms with Crippen molar-refractivity contribution in [1.82, 2.24) is 19.6 Å². The summed E-state index contributed by atoms with van der Waals surface area (Å²) in [6.07, 6.45) is 0. The summed E-state index contributed by atoms with van der Waals surface area (Å²) in [5.41, 5.74) is 3.12. The lowest BCUT2D eigenvalue weighted by molar-refractivity contribution is 0.885. The van der Waals surface area contributed by atoms with Gasteiger partial charge >= 0.3 is 5.69 Å². The highest BCUT2D eigenvalue weighted by atomic mass is 16.1. The Morgan fingerprint density at radius 3 is 2.62 bits per heavy atom. The van der Waals surface area contributed by atoms with Crippen LogP contribution in [0, 0.1) is 6.92 Å². The van der Waals surface area contributed by atoms with Gasteiger partial charge in [0, 0.05) is 10.9 Å². The summed E-state index contributed by atoms with van der Waals surface area (Å²) >= 11 is 0. The van der Waals surface area contributed by atoms with Gasteiger partial charge in [-0.15, -0.1) is 5.10 Å². The highest BCUT2D eigenvalue weighted by Crippen LogP contribution is 2.19. The SMILES string of the molecule is Cc1ccc(-c2nc3c4ccccc4[nH]c(=O)n3n2)cc1. The van der Waals surface area contributed by atoms with Gasteiger partial charge in [0.2, 0.25) is 0 Å². The lowest BCUT2D eigenvalue weighted by Crippen LogP contribution is -2.17. The number of hydrogen-bond acceptors (Lipinski definition) is 3. The molecule has 0 aliphatic heterocycles. The molecule has 4 rings (SSSR count). The number of fused-ring (bicyclic) bond motifs is 3. The van der Waals surface area contributed by atoms with Crippen molar-refractivity contribution in [3.05, 3.63) is 64.6 Å². The van der Waals surface area contributed by atoms with Crippen molar-refractivity contribution in [3.8, 4) is 11.4 Å². The summed E-state index contributed by atoms with van der Waals surface area (Å²) in [6.45, 7) is 2.03. The van der Waals surface area contributed by atoms with Gasteiger partial charge in [0.25, 0.3) is 0 Å². The van der Waals surface area contributed by atoms with Crippen molar-refractivity contribution in [2.45, 2.75) is 6.92 Å². The van der Waals surface area contributed by atoms with E-state index >= 15 is 0 Å². The van der Waals surface area contributed by atoms with Crippen molar-refractivity contribution in [3.63, 3.8) is 0 Å². The van der Waals surface area contributed by atoms with E-state index in [2.05, 4.69) is 15.1 Å². The van der Waals surface area contributed by atoms with Gasteiger partial charge in [-0.1, -0.05) is 42.0 Å². The Labute approximate surface area is 119 Å². The van der Waals surface area contributed by atoms with Gasteiger partial charge in [-0.2, -0.15) is 4.52 Å². The van der Waals surface area contributed by atoms with Crippen LogP contribution in [0.25, 0.3) is 27.9 Å². The minimum Gasteiger partial charge on any atom is -0.305 e. The van der Waals surface area contributed by atoms with Crippen molar-refractivity contribution >= 4 is 16.6 Å². The molecule has 0 atom stereocenters. The number of H-pyrrole nitrogens is 1. The highest BCUT2D eigenvalue weighted by Gasteiger charge is 2.11. The van der Waals surface area contributed by atoms with Crippen LogP contribution in [0.5, 0.6) is 0 Å². The second-order valence-corrected chi connectivity index (χ2v) is 5.01. The fraction of sp³-hybridized carbons (Fsp3) is 0.0625. The summed E-state index contributed by atoms with van der Waals surface area (Å²) in [6, 6.07) is 15.5. The molecule has 21 heavy (non-hydrogen) atoms. The van der Waals surface area contributed by atoms with Crippen LogP contribution in [0.1, 0.15) is 5.56 Å². The number of rotatable bonds is 1. The molecule has 0 saturated carbocycles. The molecule has 4 aromatic rings. The topological polar surface area (TPSA) is 63.0 Å². The third-order valence-electron chi connectivity index (χ3n) is 3.52. The summed E-state index contributed by atoms with van der Waals surface area (Å²) in [5, 5.41) is 5.20. The molecule has 0 fully saturated rings. The van der Waals surface area contributed by atoms with E-state index in [1.807, 2.05) is 55.5 Å². The Bertz CT molecular complexity index is 1010. The molecule has 0 spiro atoms. The first-order chi connectivity index (χ1) is 10.2. The number of hydrogen-bond donors (Lipinski definition) is 1. The first kappa shape index (κ1) is 11.8. The van der Waals surface area contributed by atoms with E-state index in [1.54, 1.807) is 0 Å². The number of nitrogens with zero attached hydrogens (tertiary/aromatic N) is 3. The molecule has 102 valence electrons. The van der Waals surface area contributed by atoms with Crippen LogP contribution in [0.3, 0.4) is 0 Å². The largest absolute Gasteiger partial charge is 0.348 e. The number of nitrogens with one attached hydrogen (secondary N) is 1. The fourth-order valence-corrected chi connectivity index (χ4v) is 2.41. The molecular formula is C16H12N4O. The third kappa shape index (κ3) is 1.82. The Kier molecular flexibility index (Phi) is 2.41. The van der Waals surface area contributed by atoms with E-state index in [4.69, 9.17) is 0 Å². The molecule has 0 aliphatic rings. The highest BCUT2D eigenvalue weighted by molar-refractivity contribution is 5.91. The Balaban J connectivity index is 2.05. The molecule has 0 amide bonds. The number of aryl methyl sites for hydroxylation is 1. The molecule has 0 aliphatic carbocycles. The van der Waals surface area contributed by atoms with E-state index in [1.165, 1.54) is 10.1 Å². The predicted octanol–water partition coefficient (Wildman–Crippen LogP) is 2.55. The van der Waals surface area contributed by atoms with Crippen LogP contribution < -0.4 is 5.69 Å². The molecule has 2 heterocycles. The predicted molar refractivity (Wildman–Crippen MR) is 81.3 cm³/mol. The van der Waals surface area contributed by atoms with Crippen molar-refractivity contribution < 1.29 is 0 Å². The van der Waals surface area contributed by atoms with Crippen LogP contribution in [0.4, 0.5) is 0 Å². The minimum atomic E-state index is -0.283. The van der Waals surface area contributed by atoms with Crippen LogP contribution in [0.15, 0.2) is 53.3 Å².